The minimum Gasteiger partial charge on any atom is -0.497 e. The third-order valence-corrected chi connectivity index (χ3v) is 4.20. The maximum atomic E-state index is 12.0. The molecule has 0 bridgehead atoms. The van der Waals surface area contributed by atoms with E-state index in [2.05, 4.69) is 5.32 Å². The number of methoxy groups -OCH3 is 1. The van der Waals surface area contributed by atoms with Gasteiger partial charge in [0.25, 0.3) is 0 Å². The Bertz CT molecular complexity index is 485. The zero-order chi connectivity index (χ0) is 16.0. The molecule has 1 aromatic carbocycles. The Morgan fingerprint density at radius 2 is 1.95 bits per heavy atom. The summed E-state index contributed by atoms with van der Waals surface area (Å²) in [4.78, 5) is 12.0. The van der Waals surface area contributed by atoms with Gasteiger partial charge in [-0.2, -0.15) is 0 Å². The molecule has 0 aliphatic heterocycles. The number of hydrogen-bond donors (Lipinski definition) is 2. The third kappa shape index (κ3) is 4.63. The predicted molar refractivity (Wildman–Crippen MR) is 86.0 cm³/mol. The van der Waals surface area contributed by atoms with Gasteiger partial charge in [0.05, 0.1) is 19.3 Å². The predicted octanol–water partition coefficient (Wildman–Crippen LogP) is 2.10. The average molecular weight is 306 g/mol. The summed E-state index contributed by atoms with van der Waals surface area (Å²) in [5.41, 5.74) is 5.56. The number of benzene rings is 1. The first-order valence-corrected chi connectivity index (χ1v) is 7.85. The van der Waals surface area contributed by atoms with Gasteiger partial charge in [-0.15, -0.1) is 0 Å². The molecule has 0 spiro atoms. The molecule has 0 radical (unpaired) electrons. The standard InChI is InChI=1S/C17H26N2O3/c1-17(12-18,13-5-6-13)19-16(20)4-3-11-22-15-9-7-14(21-2)8-10-15/h7-10,13H,3-6,11-12,18H2,1-2H3,(H,19,20). The van der Waals surface area contributed by atoms with E-state index in [0.717, 1.165) is 24.3 Å². The van der Waals surface area contributed by atoms with Gasteiger partial charge in [0.2, 0.25) is 5.91 Å². The topological polar surface area (TPSA) is 73.6 Å². The molecule has 1 saturated carbocycles. The van der Waals surface area contributed by atoms with Crippen LogP contribution in [0.2, 0.25) is 0 Å². The van der Waals surface area contributed by atoms with Gasteiger partial charge in [-0.25, -0.2) is 0 Å². The van der Waals surface area contributed by atoms with Crippen molar-refractivity contribution in [1.29, 1.82) is 0 Å². The van der Waals surface area contributed by atoms with Crippen molar-refractivity contribution in [2.45, 2.75) is 38.1 Å². The molecule has 5 heteroatoms. The second-order valence-corrected chi connectivity index (χ2v) is 6.07. The Hall–Kier alpha value is -1.75. The summed E-state index contributed by atoms with van der Waals surface area (Å²) in [6.07, 6.45) is 3.46. The Kier molecular flexibility index (Phi) is 5.66. The van der Waals surface area contributed by atoms with Crippen LogP contribution in [0.25, 0.3) is 0 Å². The van der Waals surface area contributed by atoms with Gasteiger partial charge < -0.3 is 20.5 Å². The van der Waals surface area contributed by atoms with Gasteiger partial charge in [0.1, 0.15) is 11.5 Å². The van der Waals surface area contributed by atoms with Crippen LogP contribution in [0.5, 0.6) is 11.5 Å². The molecule has 1 fully saturated rings. The molecule has 1 aliphatic carbocycles. The zero-order valence-corrected chi connectivity index (χ0v) is 13.4. The van der Waals surface area contributed by atoms with E-state index < -0.39 is 0 Å². The number of carbonyl (C=O) groups is 1. The van der Waals surface area contributed by atoms with E-state index in [0.29, 0.717) is 31.9 Å². The molecule has 1 aromatic rings. The Morgan fingerprint density at radius 3 is 2.50 bits per heavy atom. The average Bonchev–Trinajstić information content (AvgIpc) is 3.37. The molecule has 1 atom stereocenters. The van der Waals surface area contributed by atoms with Crippen molar-refractivity contribution in [3.8, 4) is 11.5 Å². The van der Waals surface area contributed by atoms with Crippen molar-refractivity contribution in [2.75, 3.05) is 20.3 Å². The maximum Gasteiger partial charge on any atom is 0.220 e. The van der Waals surface area contributed by atoms with Crippen LogP contribution in [-0.2, 0) is 4.79 Å². The van der Waals surface area contributed by atoms with Crippen molar-refractivity contribution in [3.05, 3.63) is 24.3 Å². The molecule has 0 saturated heterocycles. The zero-order valence-electron chi connectivity index (χ0n) is 13.4. The Morgan fingerprint density at radius 1 is 1.32 bits per heavy atom. The van der Waals surface area contributed by atoms with Gasteiger partial charge >= 0.3 is 0 Å². The van der Waals surface area contributed by atoms with Crippen molar-refractivity contribution in [1.82, 2.24) is 5.32 Å². The van der Waals surface area contributed by atoms with Crippen molar-refractivity contribution >= 4 is 5.91 Å². The quantitative estimate of drug-likeness (QED) is 0.685. The van der Waals surface area contributed by atoms with Crippen LogP contribution < -0.4 is 20.5 Å². The smallest absolute Gasteiger partial charge is 0.220 e. The number of nitrogens with two attached hydrogens (primary N) is 1. The molecule has 5 nitrogen and oxygen atoms in total. The summed E-state index contributed by atoms with van der Waals surface area (Å²) in [6, 6.07) is 7.42. The van der Waals surface area contributed by atoms with Crippen molar-refractivity contribution in [2.24, 2.45) is 11.7 Å². The number of ether oxygens (including phenoxy) is 2. The molecule has 0 heterocycles. The molecule has 1 aliphatic rings. The third-order valence-electron chi connectivity index (χ3n) is 4.20. The van der Waals surface area contributed by atoms with E-state index in [4.69, 9.17) is 15.2 Å². The highest BCUT2D eigenvalue weighted by Crippen LogP contribution is 2.38. The van der Waals surface area contributed by atoms with Gasteiger partial charge in [0, 0.05) is 13.0 Å². The molecular weight excluding hydrogens is 280 g/mol. The molecule has 1 unspecified atom stereocenters. The second-order valence-electron chi connectivity index (χ2n) is 6.07. The summed E-state index contributed by atoms with van der Waals surface area (Å²) >= 11 is 0. The molecule has 2 rings (SSSR count). The first-order valence-electron chi connectivity index (χ1n) is 7.85. The van der Waals surface area contributed by atoms with Gasteiger partial charge in [0.15, 0.2) is 0 Å². The summed E-state index contributed by atoms with van der Waals surface area (Å²) in [5.74, 6) is 2.18. The van der Waals surface area contributed by atoms with Crippen LogP contribution in [0.3, 0.4) is 0 Å². The second kappa shape index (κ2) is 7.49. The van der Waals surface area contributed by atoms with E-state index in [9.17, 15) is 4.79 Å². The first kappa shape index (κ1) is 16.6. The van der Waals surface area contributed by atoms with Crippen LogP contribution in [0.1, 0.15) is 32.6 Å². The van der Waals surface area contributed by atoms with Gasteiger partial charge in [-0.3, -0.25) is 4.79 Å². The number of carbonyl (C=O) groups excluding carboxylic acids is 1. The van der Waals surface area contributed by atoms with Crippen molar-refractivity contribution in [3.63, 3.8) is 0 Å². The number of amides is 1. The van der Waals surface area contributed by atoms with E-state index in [-0.39, 0.29) is 11.4 Å². The highest BCUT2D eigenvalue weighted by atomic mass is 16.5. The van der Waals surface area contributed by atoms with E-state index in [1.54, 1.807) is 7.11 Å². The summed E-state index contributed by atoms with van der Waals surface area (Å²) in [6.45, 7) is 3.05. The lowest BCUT2D eigenvalue weighted by atomic mass is 9.95. The monoisotopic (exact) mass is 306 g/mol. The number of hydrogen-bond acceptors (Lipinski definition) is 4. The Labute approximate surface area is 132 Å². The highest BCUT2D eigenvalue weighted by molar-refractivity contribution is 5.76. The highest BCUT2D eigenvalue weighted by Gasteiger charge is 2.41. The molecule has 3 N–H and O–H groups in total. The SMILES string of the molecule is COc1ccc(OCCCC(=O)NC(C)(CN)C2CC2)cc1. The van der Waals surface area contributed by atoms with E-state index >= 15 is 0 Å². The molecule has 122 valence electrons. The number of nitrogens with one attached hydrogen (secondary N) is 1. The summed E-state index contributed by atoms with van der Waals surface area (Å²) in [5, 5.41) is 3.08. The van der Waals surface area contributed by atoms with Crippen molar-refractivity contribution < 1.29 is 14.3 Å². The minimum absolute atomic E-state index is 0.0539. The van der Waals surface area contributed by atoms with Crippen LogP contribution in [-0.4, -0.2) is 31.7 Å². The van der Waals surface area contributed by atoms with Crippen LogP contribution in [0, 0.1) is 5.92 Å². The fourth-order valence-electron chi connectivity index (χ4n) is 2.52. The lowest BCUT2D eigenvalue weighted by Crippen LogP contribution is -2.53. The van der Waals surface area contributed by atoms with Gasteiger partial charge in [-0.05, 0) is 56.4 Å². The van der Waals surface area contributed by atoms with E-state index in [1.807, 2.05) is 31.2 Å². The first-order chi connectivity index (χ1) is 10.6. The fraction of sp³-hybridized carbons (Fsp3) is 0.588. The molecule has 0 aromatic heterocycles. The van der Waals surface area contributed by atoms with E-state index in [1.165, 1.54) is 0 Å². The summed E-state index contributed by atoms with van der Waals surface area (Å²) in [7, 11) is 1.63. The van der Waals surface area contributed by atoms with Gasteiger partial charge in [-0.1, -0.05) is 0 Å². The van der Waals surface area contributed by atoms with Crippen LogP contribution in [0.4, 0.5) is 0 Å². The molecule has 1 amide bonds. The molecule has 22 heavy (non-hydrogen) atoms. The Balaban J connectivity index is 1.66. The van der Waals surface area contributed by atoms with Crippen LogP contribution in [0.15, 0.2) is 24.3 Å². The summed E-state index contributed by atoms with van der Waals surface area (Å²) < 4.78 is 10.7. The maximum absolute atomic E-state index is 12.0. The largest absolute Gasteiger partial charge is 0.497 e. The normalized spacial score (nSPS) is 16.7. The molecular formula is C17H26N2O3. The lowest BCUT2D eigenvalue weighted by molar-refractivity contribution is -0.123. The van der Waals surface area contributed by atoms with Crippen LogP contribution >= 0.6 is 0 Å². The minimum atomic E-state index is -0.242. The lowest BCUT2D eigenvalue weighted by Gasteiger charge is -2.29. The number of rotatable bonds is 9. The fourth-order valence-corrected chi connectivity index (χ4v) is 2.52.